The van der Waals surface area contributed by atoms with Gasteiger partial charge in [0.2, 0.25) is 0 Å². The highest BCUT2D eigenvalue weighted by Gasteiger charge is 2.66. The highest BCUT2D eigenvalue weighted by atomic mass is 16.5. The van der Waals surface area contributed by atoms with E-state index in [0.717, 1.165) is 36.7 Å². The Morgan fingerprint density at radius 3 is 2.25 bits per heavy atom. The molecule has 6 rings (SSSR count). The van der Waals surface area contributed by atoms with E-state index in [1.54, 1.807) is 6.08 Å². The van der Waals surface area contributed by atoms with Gasteiger partial charge in [-0.3, -0.25) is 4.79 Å². The molecule has 3 nitrogen and oxygen atoms in total. The zero-order valence-corrected chi connectivity index (χ0v) is 26.5. The van der Waals surface area contributed by atoms with Gasteiger partial charge in [0.15, 0.2) is 0 Å². The van der Waals surface area contributed by atoms with Crippen LogP contribution >= 0.6 is 0 Å². The number of carbonyl (C=O) groups is 1. The van der Waals surface area contributed by atoms with Crippen molar-refractivity contribution in [3.05, 3.63) is 48.6 Å². The zero-order chi connectivity index (χ0) is 29.1. The van der Waals surface area contributed by atoms with Crippen LogP contribution in [-0.2, 0) is 16.1 Å². The SMILES string of the molecule is C=CC.CC.CC1C(O)CCC2(C)C1CCC1(C)C3CCC4(C(=O)OCc5ccccc5)CCCC4C3CCC21. The second kappa shape index (κ2) is 12.7. The van der Waals surface area contributed by atoms with Crippen molar-refractivity contribution in [3.8, 4) is 0 Å². The molecule has 40 heavy (non-hydrogen) atoms. The fourth-order valence-electron chi connectivity index (χ4n) is 11.0. The Bertz CT molecular complexity index is 988. The minimum absolute atomic E-state index is 0.0975. The predicted molar refractivity (Wildman–Crippen MR) is 166 cm³/mol. The minimum atomic E-state index is -0.232. The predicted octanol–water partition coefficient (Wildman–Crippen LogP) is 9.38. The molecule has 5 saturated carbocycles. The third-order valence-corrected chi connectivity index (χ3v) is 12.7. The van der Waals surface area contributed by atoms with E-state index in [1.165, 1.54) is 51.4 Å². The number of aliphatic hydroxyl groups excluding tert-OH is 1. The van der Waals surface area contributed by atoms with Gasteiger partial charge in [0.25, 0.3) is 0 Å². The van der Waals surface area contributed by atoms with Gasteiger partial charge in [-0.15, -0.1) is 6.58 Å². The van der Waals surface area contributed by atoms with Crippen LogP contribution in [0.2, 0.25) is 0 Å². The summed E-state index contributed by atoms with van der Waals surface area (Å²) in [6, 6.07) is 10.2. The van der Waals surface area contributed by atoms with E-state index in [9.17, 15) is 9.90 Å². The lowest BCUT2D eigenvalue weighted by Gasteiger charge is -2.67. The monoisotopic (exact) mass is 550 g/mol. The molecule has 0 spiro atoms. The molecule has 10 unspecified atom stereocenters. The number of benzene rings is 1. The number of aliphatic hydroxyl groups is 1. The van der Waals surface area contributed by atoms with Crippen molar-refractivity contribution >= 4 is 5.97 Å². The van der Waals surface area contributed by atoms with Crippen LogP contribution in [0.3, 0.4) is 0 Å². The Hall–Kier alpha value is -1.61. The number of allylic oxidation sites excluding steroid dienone is 1. The second-order valence-corrected chi connectivity index (χ2v) is 14.2. The summed E-state index contributed by atoms with van der Waals surface area (Å²) in [7, 11) is 0. The first-order valence-electron chi connectivity index (χ1n) is 16.7. The van der Waals surface area contributed by atoms with Gasteiger partial charge in [0.05, 0.1) is 11.5 Å². The Kier molecular flexibility index (Phi) is 9.96. The van der Waals surface area contributed by atoms with Crippen LogP contribution in [0.1, 0.15) is 118 Å². The summed E-state index contributed by atoms with van der Waals surface area (Å²) in [6.45, 7) is 17.2. The molecular formula is C37H58O3. The normalized spacial score (nSPS) is 43.1. The fraction of sp³-hybridized carbons (Fsp3) is 0.757. The molecule has 1 aromatic carbocycles. The van der Waals surface area contributed by atoms with Crippen molar-refractivity contribution in [2.45, 2.75) is 125 Å². The first-order chi connectivity index (χ1) is 19.2. The molecule has 5 fully saturated rings. The number of hydrogen-bond acceptors (Lipinski definition) is 3. The molecule has 0 aromatic heterocycles. The van der Waals surface area contributed by atoms with E-state index in [2.05, 4.69) is 39.5 Å². The molecule has 0 radical (unpaired) electrons. The van der Waals surface area contributed by atoms with Crippen LogP contribution in [0.15, 0.2) is 43.0 Å². The molecule has 3 heteroatoms. The van der Waals surface area contributed by atoms with Crippen LogP contribution in [0.4, 0.5) is 0 Å². The molecule has 224 valence electrons. The van der Waals surface area contributed by atoms with Crippen molar-refractivity contribution in [1.29, 1.82) is 0 Å². The molecule has 0 bridgehead atoms. The summed E-state index contributed by atoms with van der Waals surface area (Å²) in [5.74, 6) is 3.92. The average molecular weight is 551 g/mol. The van der Waals surface area contributed by atoms with Crippen LogP contribution in [-0.4, -0.2) is 17.2 Å². The highest BCUT2D eigenvalue weighted by molar-refractivity contribution is 5.78. The lowest BCUT2D eigenvalue weighted by atomic mass is 9.37. The first kappa shape index (κ1) is 31.3. The minimum Gasteiger partial charge on any atom is -0.460 e. The van der Waals surface area contributed by atoms with E-state index in [1.807, 2.05) is 39.0 Å². The van der Waals surface area contributed by atoms with Crippen LogP contribution in [0.25, 0.3) is 0 Å². The van der Waals surface area contributed by atoms with E-state index in [0.29, 0.717) is 41.1 Å². The van der Waals surface area contributed by atoms with E-state index in [4.69, 9.17) is 4.74 Å². The molecule has 0 heterocycles. The maximum atomic E-state index is 13.7. The van der Waals surface area contributed by atoms with Gasteiger partial charge in [0.1, 0.15) is 6.61 Å². The van der Waals surface area contributed by atoms with Gasteiger partial charge >= 0.3 is 5.97 Å². The average Bonchev–Trinajstić information content (AvgIpc) is 3.42. The molecule has 0 amide bonds. The van der Waals surface area contributed by atoms with Gasteiger partial charge in [-0.05, 0) is 123 Å². The standard InChI is InChI=1S/C32H46O3.C3H6.C2H6/c1-21-24-13-17-31(3)25-14-19-32(29(34)35-20-22-8-5-4-6-9-22)16-7-10-26(32)23(25)11-12-28(31)30(24,2)18-15-27(21)33;1-3-2;1-2/h4-6,8-9,21,23-28,33H,7,10-20H2,1-3H3;3H,1H2,2H3;1-2H3. The van der Waals surface area contributed by atoms with Crippen LogP contribution in [0, 0.1) is 51.8 Å². The number of fused-ring (bicyclic) bond motifs is 7. The van der Waals surface area contributed by atoms with Crippen molar-refractivity contribution in [3.63, 3.8) is 0 Å². The van der Waals surface area contributed by atoms with Crippen LogP contribution in [0.5, 0.6) is 0 Å². The lowest BCUT2D eigenvalue weighted by Crippen LogP contribution is -2.61. The summed E-state index contributed by atoms with van der Waals surface area (Å²) in [5, 5.41) is 10.6. The molecule has 1 N–H and O–H groups in total. The summed E-state index contributed by atoms with van der Waals surface area (Å²) in [4.78, 5) is 13.7. The van der Waals surface area contributed by atoms with Crippen molar-refractivity contribution < 1.29 is 14.6 Å². The second-order valence-electron chi connectivity index (χ2n) is 14.2. The van der Waals surface area contributed by atoms with Crippen molar-refractivity contribution in [2.75, 3.05) is 0 Å². The summed E-state index contributed by atoms with van der Waals surface area (Å²) in [6.07, 6.45) is 14.7. The first-order valence-corrected chi connectivity index (χ1v) is 16.7. The quantitative estimate of drug-likeness (QED) is 0.301. The topological polar surface area (TPSA) is 46.5 Å². The number of hydrogen-bond donors (Lipinski definition) is 1. The molecule has 10 atom stereocenters. The molecule has 0 aliphatic heterocycles. The third-order valence-electron chi connectivity index (χ3n) is 12.7. The van der Waals surface area contributed by atoms with Gasteiger partial charge in [0, 0.05) is 0 Å². The van der Waals surface area contributed by atoms with Crippen LogP contribution < -0.4 is 0 Å². The van der Waals surface area contributed by atoms with E-state index < -0.39 is 0 Å². The fourth-order valence-corrected chi connectivity index (χ4v) is 11.0. The Balaban J connectivity index is 0.000000695. The zero-order valence-electron chi connectivity index (χ0n) is 26.5. The molecule has 5 aliphatic carbocycles. The van der Waals surface area contributed by atoms with Gasteiger partial charge in [-0.1, -0.05) is 77.4 Å². The number of esters is 1. The summed E-state index contributed by atoms with van der Waals surface area (Å²) >= 11 is 0. The Morgan fingerprint density at radius 1 is 0.925 bits per heavy atom. The Morgan fingerprint density at radius 2 is 1.55 bits per heavy atom. The third kappa shape index (κ3) is 5.23. The van der Waals surface area contributed by atoms with Gasteiger partial charge in [-0.25, -0.2) is 0 Å². The van der Waals surface area contributed by atoms with E-state index in [-0.39, 0.29) is 17.5 Å². The number of rotatable bonds is 3. The largest absolute Gasteiger partial charge is 0.460 e. The lowest BCUT2D eigenvalue weighted by molar-refractivity contribution is -0.201. The maximum absolute atomic E-state index is 13.7. The van der Waals surface area contributed by atoms with Gasteiger partial charge < -0.3 is 9.84 Å². The summed E-state index contributed by atoms with van der Waals surface area (Å²) < 4.78 is 6.03. The number of ether oxygens (including phenoxy) is 1. The van der Waals surface area contributed by atoms with Gasteiger partial charge in [-0.2, -0.15) is 0 Å². The van der Waals surface area contributed by atoms with Crippen molar-refractivity contribution in [1.82, 2.24) is 0 Å². The molecule has 1 aromatic rings. The smallest absolute Gasteiger partial charge is 0.312 e. The molecular weight excluding hydrogens is 492 g/mol. The Labute approximate surface area is 245 Å². The molecule has 0 saturated heterocycles. The molecule has 5 aliphatic rings. The van der Waals surface area contributed by atoms with E-state index >= 15 is 0 Å². The summed E-state index contributed by atoms with van der Waals surface area (Å²) in [5.41, 5.74) is 1.61. The maximum Gasteiger partial charge on any atom is 0.312 e. The number of carbonyl (C=O) groups excluding carboxylic acids is 1. The highest BCUT2D eigenvalue weighted by Crippen LogP contribution is 2.71. The van der Waals surface area contributed by atoms with Crippen molar-refractivity contribution in [2.24, 2.45) is 51.8 Å².